The van der Waals surface area contributed by atoms with Crippen molar-refractivity contribution in [3.05, 3.63) is 12.2 Å². The fourth-order valence-electron chi connectivity index (χ4n) is 6.83. The molecule has 3 fully saturated rings. The van der Waals surface area contributed by atoms with Crippen LogP contribution in [0.1, 0.15) is 80.1 Å². The topological polar surface area (TPSA) is 102 Å². The van der Waals surface area contributed by atoms with E-state index in [1.165, 1.54) is 6.92 Å². The van der Waals surface area contributed by atoms with Gasteiger partial charge in [0, 0.05) is 31.6 Å². The van der Waals surface area contributed by atoms with Crippen LogP contribution < -0.4 is 0 Å². The van der Waals surface area contributed by atoms with Crippen LogP contribution in [0, 0.1) is 23.7 Å². The first-order chi connectivity index (χ1) is 15.3. The van der Waals surface area contributed by atoms with E-state index in [0.29, 0.717) is 44.1 Å². The fourth-order valence-corrected chi connectivity index (χ4v) is 6.83. The number of fused-ring (bicyclic) bond motifs is 5. The molecule has 0 amide bonds. The number of hydrogen-bond acceptors (Lipinski definition) is 7. The number of carbonyl (C=O) groups is 2. The van der Waals surface area contributed by atoms with Crippen molar-refractivity contribution >= 4 is 11.9 Å². The lowest BCUT2D eigenvalue weighted by molar-refractivity contribution is -0.194. The van der Waals surface area contributed by atoms with Crippen molar-refractivity contribution < 1.29 is 34.0 Å². The third-order valence-corrected chi connectivity index (χ3v) is 8.09. The van der Waals surface area contributed by atoms with Gasteiger partial charge in [0.05, 0.1) is 18.3 Å². The summed E-state index contributed by atoms with van der Waals surface area (Å²) in [6.45, 7) is 15.3. The van der Waals surface area contributed by atoms with Gasteiger partial charge >= 0.3 is 11.9 Å². The van der Waals surface area contributed by atoms with Gasteiger partial charge in [-0.05, 0) is 56.9 Å². The number of esters is 2. The maximum Gasteiger partial charge on any atom is 0.306 e. The molecule has 0 radical (unpaired) electrons. The highest BCUT2D eigenvalue weighted by Gasteiger charge is 2.66. The maximum absolute atomic E-state index is 12.7. The molecule has 2 heterocycles. The molecular formula is C26H42O7. The second kappa shape index (κ2) is 9.67. The Bertz CT molecular complexity index is 764. The van der Waals surface area contributed by atoms with Crippen LogP contribution in [0.2, 0.25) is 0 Å². The third-order valence-electron chi connectivity index (χ3n) is 8.09. The number of ether oxygens (including phenoxy) is 3. The van der Waals surface area contributed by atoms with E-state index in [1.54, 1.807) is 0 Å². The quantitative estimate of drug-likeness (QED) is 0.472. The van der Waals surface area contributed by atoms with Crippen molar-refractivity contribution in [3.63, 3.8) is 0 Å². The molecule has 2 N–H and O–H groups in total. The van der Waals surface area contributed by atoms with Crippen LogP contribution in [0.4, 0.5) is 0 Å². The summed E-state index contributed by atoms with van der Waals surface area (Å²) >= 11 is 0. The lowest BCUT2D eigenvalue weighted by Gasteiger charge is -2.52. The molecule has 33 heavy (non-hydrogen) atoms. The molecule has 1 aliphatic carbocycles. The van der Waals surface area contributed by atoms with Crippen LogP contribution in [0.3, 0.4) is 0 Å². The molecule has 7 nitrogen and oxygen atoms in total. The molecule has 7 heteroatoms. The first-order valence-corrected chi connectivity index (χ1v) is 12.4. The second-order valence-corrected chi connectivity index (χ2v) is 11.2. The Morgan fingerprint density at radius 1 is 1.21 bits per heavy atom. The van der Waals surface area contributed by atoms with E-state index in [1.807, 2.05) is 20.8 Å². The average molecular weight is 467 g/mol. The maximum atomic E-state index is 12.7. The minimum Gasteiger partial charge on any atom is -0.459 e. The summed E-state index contributed by atoms with van der Waals surface area (Å²) in [5.41, 5.74) is -1.27. The third kappa shape index (κ3) is 5.01. The van der Waals surface area contributed by atoms with E-state index in [9.17, 15) is 19.8 Å². The van der Waals surface area contributed by atoms with E-state index < -0.39 is 35.5 Å². The molecule has 0 aromatic carbocycles. The van der Waals surface area contributed by atoms with Gasteiger partial charge in [-0.25, -0.2) is 0 Å². The van der Waals surface area contributed by atoms with Crippen molar-refractivity contribution in [1.82, 2.24) is 0 Å². The monoisotopic (exact) mass is 466 g/mol. The van der Waals surface area contributed by atoms with Crippen molar-refractivity contribution in [2.24, 2.45) is 23.7 Å². The lowest BCUT2D eigenvalue weighted by Crippen LogP contribution is -2.60. The number of rotatable bonds is 5. The van der Waals surface area contributed by atoms with Crippen LogP contribution in [-0.2, 0) is 23.8 Å². The normalized spacial score (nSPS) is 43.3. The summed E-state index contributed by atoms with van der Waals surface area (Å²) in [6.07, 6.45) is 0.247. The van der Waals surface area contributed by atoms with Gasteiger partial charge in [-0.2, -0.15) is 0 Å². The van der Waals surface area contributed by atoms with Crippen LogP contribution in [-0.4, -0.2) is 57.8 Å². The minimum atomic E-state index is -0.989. The Morgan fingerprint density at radius 2 is 1.88 bits per heavy atom. The molecule has 3 aliphatic rings. The summed E-state index contributed by atoms with van der Waals surface area (Å²) in [5.74, 6) is -1.09. The molecule has 2 bridgehead atoms. The van der Waals surface area contributed by atoms with E-state index in [0.717, 1.165) is 0 Å². The molecule has 0 aromatic heterocycles. The zero-order valence-corrected chi connectivity index (χ0v) is 21.0. The first-order valence-electron chi connectivity index (χ1n) is 12.4. The second-order valence-electron chi connectivity index (χ2n) is 11.2. The van der Waals surface area contributed by atoms with Gasteiger partial charge in [-0.3, -0.25) is 9.59 Å². The smallest absolute Gasteiger partial charge is 0.306 e. The highest BCUT2D eigenvalue weighted by atomic mass is 16.6. The summed E-state index contributed by atoms with van der Waals surface area (Å²) in [4.78, 5) is 24.8. The molecule has 0 unspecified atom stereocenters. The SMILES string of the molecule is C=C1C[C@H]2O[C@H]([C@@H]3[C@@H](C(C)C)[C@H](O)C[C@@](C)(OC(C)=O)[C@@H]32)[C@](C)(OC(=O)CCC)CC[C@@H]1O. The summed E-state index contributed by atoms with van der Waals surface area (Å²) < 4.78 is 18.7. The summed E-state index contributed by atoms with van der Waals surface area (Å²) in [7, 11) is 0. The van der Waals surface area contributed by atoms with Gasteiger partial charge < -0.3 is 24.4 Å². The molecule has 188 valence electrons. The molecule has 9 atom stereocenters. The van der Waals surface area contributed by atoms with E-state index in [-0.39, 0.29) is 35.7 Å². The summed E-state index contributed by atoms with van der Waals surface area (Å²) in [6, 6.07) is 0. The highest BCUT2D eigenvalue weighted by molar-refractivity contribution is 5.70. The van der Waals surface area contributed by atoms with Crippen molar-refractivity contribution in [3.8, 4) is 0 Å². The number of aliphatic hydroxyl groups is 2. The largest absolute Gasteiger partial charge is 0.459 e. The number of aliphatic hydroxyl groups excluding tert-OH is 2. The Labute approximate surface area is 197 Å². The predicted molar refractivity (Wildman–Crippen MR) is 123 cm³/mol. The van der Waals surface area contributed by atoms with Crippen molar-refractivity contribution in [1.29, 1.82) is 0 Å². The Kier molecular flexibility index (Phi) is 7.67. The van der Waals surface area contributed by atoms with Gasteiger partial charge in [-0.15, -0.1) is 0 Å². The predicted octanol–water partition coefficient (Wildman–Crippen LogP) is 3.55. The standard InChI is InChI=1S/C26H42O7/c1-8-9-20(30)33-25(6)11-10-17(28)15(4)12-19-23-22(24(25)31-19)21(14(2)3)18(29)13-26(23,7)32-16(5)27/h14,17-19,21-24,28-29H,4,8-13H2,1-3,5-7H3/t17-,18+,19+,21-,22+,23+,24+,25+,26+/m0/s1. The fraction of sp³-hybridized carbons (Fsp3) is 0.846. The van der Waals surface area contributed by atoms with Crippen LogP contribution >= 0.6 is 0 Å². The Hall–Kier alpha value is -1.44. The van der Waals surface area contributed by atoms with Gasteiger partial charge in [0.2, 0.25) is 0 Å². The van der Waals surface area contributed by atoms with Crippen LogP contribution in [0.25, 0.3) is 0 Å². The first kappa shape index (κ1) is 26.2. The highest BCUT2D eigenvalue weighted by Crippen LogP contribution is 2.58. The average Bonchev–Trinajstić information content (AvgIpc) is 3.06. The van der Waals surface area contributed by atoms with E-state index >= 15 is 0 Å². The molecule has 1 saturated carbocycles. The molecule has 3 rings (SSSR count). The zero-order valence-electron chi connectivity index (χ0n) is 21.0. The van der Waals surface area contributed by atoms with Gasteiger partial charge in [0.25, 0.3) is 0 Å². The van der Waals surface area contributed by atoms with E-state index in [2.05, 4.69) is 20.4 Å². The van der Waals surface area contributed by atoms with Gasteiger partial charge in [0.15, 0.2) is 0 Å². The van der Waals surface area contributed by atoms with E-state index in [4.69, 9.17) is 14.2 Å². The molecule has 2 saturated heterocycles. The van der Waals surface area contributed by atoms with Gasteiger partial charge in [-0.1, -0.05) is 27.4 Å². The Balaban J connectivity index is 2.14. The molecule has 0 aromatic rings. The molecule has 0 spiro atoms. The van der Waals surface area contributed by atoms with Crippen molar-refractivity contribution in [2.45, 2.75) is 116 Å². The lowest BCUT2D eigenvalue weighted by atomic mass is 9.56. The van der Waals surface area contributed by atoms with Crippen LogP contribution in [0.15, 0.2) is 12.2 Å². The minimum absolute atomic E-state index is 0.115. The summed E-state index contributed by atoms with van der Waals surface area (Å²) in [5, 5.41) is 22.0. The number of hydrogen-bond donors (Lipinski definition) is 2. The molecular weight excluding hydrogens is 424 g/mol. The van der Waals surface area contributed by atoms with Crippen LogP contribution in [0.5, 0.6) is 0 Å². The Morgan fingerprint density at radius 3 is 2.45 bits per heavy atom. The van der Waals surface area contributed by atoms with Gasteiger partial charge in [0.1, 0.15) is 17.3 Å². The van der Waals surface area contributed by atoms with Crippen molar-refractivity contribution in [2.75, 3.05) is 0 Å². The zero-order chi connectivity index (χ0) is 24.7. The molecule has 2 aliphatic heterocycles. The number of carbonyl (C=O) groups excluding carboxylic acids is 2.